The third-order valence-corrected chi connectivity index (χ3v) is 15.6. The van der Waals surface area contributed by atoms with Crippen LogP contribution >= 0.6 is 0 Å². The van der Waals surface area contributed by atoms with Gasteiger partial charge in [-0.2, -0.15) is 0 Å². The van der Waals surface area contributed by atoms with Crippen LogP contribution in [0.25, 0.3) is 0 Å². The van der Waals surface area contributed by atoms with E-state index in [-0.39, 0.29) is 71.6 Å². The molecule has 6 amide bonds. The van der Waals surface area contributed by atoms with E-state index in [1.54, 1.807) is 0 Å². The molecule has 0 spiro atoms. The molecule has 4 aliphatic carbocycles. The van der Waals surface area contributed by atoms with Crippen molar-refractivity contribution in [1.29, 1.82) is 0 Å². The van der Waals surface area contributed by atoms with Gasteiger partial charge in [0.2, 0.25) is 23.6 Å². The van der Waals surface area contributed by atoms with Gasteiger partial charge in [0.05, 0.1) is 0 Å². The van der Waals surface area contributed by atoms with Gasteiger partial charge in [0.25, 0.3) is 0 Å². The number of carbonyl (C=O) groups excluding carboxylic acids is 6. The van der Waals surface area contributed by atoms with Crippen LogP contribution < -0.4 is 32.1 Å². The number of carbonyl (C=O) groups is 6. The monoisotopic (exact) mass is 941 g/mol. The van der Waals surface area contributed by atoms with Crippen molar-refractivity contribution in [3.63, 3.8) is 0 Å². The summed E-state index contributed by atoms with van der Waals surface area (Å²) in [7, 11) is 0. The van der Waals surface area contributed by atoms with Crippen molar-refractivity contribution >= 4 is 35.8 Å². The Morgan fingerprint density at radius 3 is 0.985 bits per heavy atom. The van der Waals surface area contributed by atoms with Crippen LogP contribution in [0.15, 0.2) is 0 Å². The number of amides is 6. The smallest absolute Gasteiger partial charge is 0.407 e. The Kier molecular flexibility index (Phi) is 19.5. The highest BCUT2D eigenvalue weighted by atomic mass is 16.6. The second kappa shape index (κ2) is 24.8. The first-order valence-electron chi connectivity index (χ1n) is 26.5. The van der Waals surface area contributed by atoms with Crippen molar-refractivity contribution in [2.24, 2.45) is 47.3 Å². The van der Waals surface area contributed by atoms with Gasteiger partial charge in [-0.15, -0.1) is 0 Å². The van der Waals surface area contributed by atoms with Crippen molar-refractivity contribution in [3.05, 3.63) is 0 Å². The molecular weight excluding hydrogens is 853 g/mol. The van der Waals surface area contributed by atoms with Crippen LogP contribution in [0.4, 0.5) is 9.59 Å². The maximum absolute atomic E-state index is 13.3. The second-order valence-electron chi connectivity index (χ2n) is 23.4. The summed E-state index contributed by atoms with van der Waals surface area (Å²) in [6, 6.07) is 0.258. The molecule has 0 aromatic heterocycles. The van der Waals surface area contributed by atoms with Crippen LogP contribution in [0.3, 0.4) is 0 Å². The first kappa shape index (κ1) is 52.7. The fraction of sp³-hybridized carbons (Fsp3) is 0.882. The van der Waals surface area contributed by atoms with E-state index in [2.05, 4.69) is 32.1 Å². The number of nitrogens with zero attached hydrogens (tertiary/aromatic N) is 2. The van der Waals surface area contributed by atoms with E-state index in [0.717, 1.165) is 155 Å². The summed E-state index contributed by atoms with van der Waals surface area (Å²) in [5.41, 5.74) is 5.39. The highest BCUT2D eigenvalue weighted by Gasteiger charge is 2.35. The molecule has 6 fully saturated rings. The lowest BCUT2D eigenvalue weighted by Gasteiger charge is -2.37. The van der Waals surface area contributed by atoms with E-state index in [4.69, 9.17) is 9.47 Å². The SMILES string of the molecule is CC(C)(C)OC(=O)NCC1CCC(C(=O)NC2CCN(NC(=O)C3CCC(CC4CCC(C(=O)NN5CCC(NC(=O)C6CCC(CNC(=O)OC(C)(C)C)CC6)CC5)CC4)CC3)CC2)CC1. The quantitative estimate of drug-likeness (QED) is 0.107. The molecule has 2 aliphatic heterocycles. The normalized spacial score (nSPS) is 29.7. The van der Waals surface area contributed by atoms with Gasteiger partial charge < -0.3 is 30.7 Å². The minimum absolute atomic E-state index is 0.0179. The van der Waals surface area contributed by atoms with Crippen LogP contribution in [0.1, 0.15) is 176 Å². The van der Waals surface area contributed by atoms with Crippen molar-refractivity contribution in [1.82, 2.24) is 42.1 Å². The summed E-state index contributed by atoms with van der Waals surface area (Å²) >= 11 is 0. The van der Waals surface area contributed by atoms with Crippen molar-refractivity contribution in [2.75, 3.05) is 39.3 Å². The molecule has 4 saturated carbocycles. The van der Waals surface area contributed by atoms with Gasteiger partial charge in [-0.1, -0.05) is 0 Å². The molecule has 0 atom stereocenters. The molecule has 0 aromatic carbocycles. The number of ether oxygens (including phenoxy) is 2. The van der Waals surface area contributed by atoms with Crippen LogP contribution in [0.2, 0.25) is 0 Å². The lowest BCUT2D eigenvalue weighted by atomic mass is 9.73. The van der Waals surface area contributed by atoms with Gasteiger partial charge in [0.1, 0.15) is 11.2 Å². The Labute approximate surface area is 401 Å². The van der Waals surface area contributed by atoms with Gasteiger partial charge in [-0.25, -0.2) is 19.6 Å². The van der Waals surface area contributed by atoms with Crippen LogP contribution in [0, 0.1) is 47.3 Å². The minimum atomic E-state index is -0.517. The molecule has 0 radical (unpaired) electrons. The van der Waals surface area contributed by atoms with Crippen molar-refractivity contribution < 1.29 is 38.2 Å². The summed E-state index contributed by atoms with van der Waals surface area (Å²) < 4.78 is 10.7. The minimum Gasteiger partial charge on any atom is -0.444 e. The topological polar surface area (TPSA) is 200 Å². The number of alkyl carbamates (subject to hydrolysis) is 2. The van der Waals surface area contributed by atoms with E-state index in [0.29, 0.717) is 36.8 Å². The predicted molar refractivity (Wildman–Crippen MR) is 257 cm³/mol. The molecule has 67 heavy (non-hydrogen) atoms. The largest absolute Gasteiger partial charge is 0.444 e. The molecule has 16 heteroatoms. The summed E-state index contributed by atoms with van der Waals surface area (Å²) in [5.74, 6) is 2.73. The molecule has 6 N–H and O–H groups in total. The van der Waals surface area contributed by atoms with E-state index in [9.17, 15) is 28.8 Å². The van der Waals surface area contributed by atoms with E-state index in [1.165, 1.54) is 6.42 Å². The third-order valence-electron chi connectivity index (χ3n) is 15.6. The highest BCUT2D eigenvalue weighted by molar-refractivity contribution is 5.80. The average Bonchev–Trinajstić information content (AvgIpc) is 3.28. The zero-order chi connectivity index (χ0) is 48.1. The number of piperidine rings is 2. The Balaban J connectivity index is 0.763. The Morgan fingerprint density at radius 1 is 0.403 bits per heavy atom. The molecule has 2 heterocycles. The molecule has 6 aliphatic rings. The molecule has 6 rings (SSSR count). The lowest BCUT2D eigenvalue weighted by Crippen LogP contribution is -2.53. The van der Waals surface area contributed by atoms with E-state index < -0.39 is 11.2 Å². The van der Waals surface area contributed by atoms with Gasteiger partial charge in [0.15, 0.2) is 0 Å². The van der Waals surface area contributed by atoms with E-state index >= 15 is 0 Å². The Hall–Kier alpha value is -3.66. The Morgan fingerprint density at radius 2 is 0.687 bits per heavy atom. The third kappa shape index (κ3) is 18.0. The number of rotatable bonds is 14. The summed E-state index contributed by atoms with van der Waals surface area (Å²) in [4.78, 5) is 76.9. The summed E-state index contributed by atoms with van der Waals surface area (Å²) in [6.07, 6.45) is 18.8. The van der Waals surface area contributed by atoms with Crippen molar-refractivity contribution in [3.8, 4) is 0 Å². The molecule has 16 nitrogen and oxygen atoms in total. The second-order valence-corrected chi connectivity index (χ2v) is 23.4. The zero-order valence-electron chi connectivity index (χ0n) is 42.0. The average molecular weight is 941 g/mol. The highest BCUT2D eigenvalue weighted by Crippen LogP contribution is 2.39. The number of nitrogens with one attached hydrogen (secondary N) is 6. The first-order valence-corrected chi connectivity index (χ1v) is 26.5. The maximum atomic E-state index is 13.3. The molecule has 0 aromatic rings. The molecular formula is C51H88N8O8. The number of hydrogen-bond donors (Lipinski definition) is 6. The summed E-state index contributed by atoms with van der Waals surface area (Å²) in [6.45, 7) is 15.2. The van der Waals surface area contributed by atoms with Gasteiger partial charge >= 0.3 is 12.2 Å². The fourth-order valence-corrected chi connectivity index (χ4v) is 11.5. The van der Waals surface area contributed by atoms with E-state index in [1.807, 2.05) is 51.6 Å². The van der Waals surface area contributed by atoms with Crippen LogP contribution in [-0.4, -0.2) is 108 Å². The van der Waals surface area contributed by atoms with Crippen LogP contribution in [0.5, 0.6) is 0 Å². The summed E-state index contributed by atoms with van der Waals surface area (Å²) in [5, 5.41) is 16.4. The Bertz CT molecular complexity index is 1500. The van der Waals surface area contributed by atoms with Gasteiger partial charge in [-0.05, 0) is 200 Å². The fourth-order valence-electron chi connectivity index (χ4n) is 11.5. The van der Waals surface area contributed by atoms with Crippen LogP contribution in [-0.2, 0) is 28.7 Å². The first-order chi connectivity index (χ1) is 31.8. The molecule has 2 saturated heterocycles. The standard InChI is InChI=1S/C51H88N8O8/c1-50(2,3)66-48(64)52-32-36-11-19-38(20-12-36)44(60)54-42-23-27-58(28-24-42)56-46(62)40-15-7-34(8-16-40)31-35-9-17-41(18-10-35)47(63)57-59-29-25-43(26-30-59)55-45(61)39-21-13-37(14-22-39)33-53-49(65)67-51(4,5)6/h34-43H,7-33H2,1-6H3,(H,52,64)(H,53,65)(H,54,60)(H,55,61)(H,56,62)(H,57,63). The zero-order valence-corrected chi connectivity index (χ0v) is 42.0. The molecule has 0 bridgehead atoms. The van der Waals surface area contributed by atoms with Crippen molar-refractivity contribution in [2.45, 2.75) is 200 Å². The predicted octanol–water partition coefficient (Wildman–Crippen LogP) is 6.88. The molecule has 0 unspecified atom stereocenters. The lowest BCUT2D eigenvalue weighted by molar-refractivity contribution is -0.133. The number of hydrogen-bond acceptors (Lipinski definition) is 10. The maximum Gasteiger partial charge on any atom is 0.407 e. The van der Waals surface area contributed by atoms with Gasteiger partial charge in [0, 0.05) is 75.0 Å². The number of hydrazine groups is 2. The van der Waals surface area contributed by atoms with Gasteiger partial charge in [-0.3, -0.25) is 30.0 Å². The molecule has 380 valence electrons.